The van der Waals surface area contributed by atoms with Gasteiger partial charge in [-0.3, -0.25) is 0 Å². The molecule has 0 unspecified atom stereocenters. The van der Waals surface area contributed by atoms with E-state index in [-0.39, 0.29) is 0 Å². The van der Waals surface area contributed by atoms with Gasteiger partial charge in [0.25, 0.3) is 0 Å². The molecule has 1 aliphatic rings. The largest absolute Gasteiger partial charge is 0.374 e. The Morgan fingerprint density at radius 2 is 2.10 bits per heavy atom. The molecule has 20 heavy (non-hydrogen) atoms. The standard InChI is InChI=1S/C17H29N3/c1-19(2)11-5-4-10-18-14-15-8-9-17-16(13-15)7-6-12-20(17)3/h8-9,13,18H,4-7,10-12,14H2,1-3H3. The van der Waals surface area contributed by atoms with Crippen LogP contribution >= 0.6 is 0 Å². The van der Waals surface area contributed by atoms with E-state index in [1.165, 1.54) is 55.6 Å². The summed E-state index contributed by atoms with van der Waals surface area (Å²) < 4.78 is 0. The molecule has 1 aliphatic heterocycles. The van der Waals surface area contributed by atoms with Gasteiger partial charge in [-0.15, -0.1) is 0 Å². The predicted molar refractivity (Wildman–Crippen MR) is 87.5 cm³/mol. The number of nitrogens with one attached hydrogen (secondary N) is 1. The van der Waals surface area contributed by atoms with Gasteiger partial charge in [-0.05, 0) is 70.1 Å². The van der Waals surface area contributed by atoms with E-state index in [9.17, 15) is 0 Å². The molecule has 3 nitrogen and oxygen atoms in total. The molecular weight excluding hydrogens is 246 g/mol. The summed E-state index contributed by atoms with van der Waals surface area (Å²) in [5.74, 6) is 0. The number of unbranched alkanes of at least 4 members (excludes halogenated alkanes) is 1. The first-order chi connectivity index (χ1) is 9.66. The lowest BCUT2D eigenvalue weighted by Gasteiger charge is -2.27. The molecule has 1 aromatic rings. The smallest absolute Gasteiger partial charge is 0.0396 e. The van der Waals surface area contributed by atoms with Crippen LogP contribution in [0.15, 0.2) is 18.2 Å². The number of hydrogen-bond donors (Lipinski definition) is 1. The van der Waals surface area contributed by atoms with Crippen LogP contribution in [0.3, 0.4) is 0 Å². The monoisotopic (exact) mass is 275 g/mol. The maximum absolute atomic E-state index is 3.56. The number of aryl methyl sites for hydroxylation is 1. The second kappa shape index (κ2) is 7.65. The van der Waals surface area contributed by atoms with E-state index in [1.54, 1.807) is 0 Å². The number of fused-ring (bicyclic) bond motifs is 1. The quantitative estimate of drug-likeness (QED) is 0.771. The Balaban J connectivity index is 1.74. The fourth-order valence-corrected chi connectivity index (χ4v) is 2.86. The lowest BCUT2D eigenvalue weighted by Crippen LogP contribution is -2.25. The Labute approximate surface area is 124 Å². The highest BCUT2D eigenvalue weighted by atomic mass is 15.1. The highest BCUT2D eigenvalue weighted by Gasteiger charge is 2.13. The molecule has 2 rings (SSSR count). The highest BCUT2D eigenvalue weighted by molar-refractivity contribution is 5.56. The molecule has 0 radical (unpaired) electrons. The van der Waals surface area contributed by atoms with Crippen LogP contribution in [0.5, 0.6) is 0 Å². The minimum Gasteiger partial charge on any atom is -0.374 e. The molecule has 0 amide bonds. The topological polar surface area (TPSA) is 18.5 Å². The van der Waals surface area contributed by atoms with Gasteiger partial charge in [0.05, 0.1) is 0 Å². The maximum atomic E-state index is 3.56. The van der Waals surface area contributed by atoms with Crippen molar-refractivity contribution in [2.24, 2.45) is 0 Å². The van der Waals surface area contributed by atoms with Crippen molar-refractivity contribution >= 4 is 5.69 Å². The van der Waals surface area contributed by atoms with Crippen molar-refractivity contribution in [1.82, 2.24) is 10.2 Å². The first-order valence-corrected chi connectivity index (χ1v) is 7.85. The van der Waals surface area contributed by atoms with E-state index in [4.69, 9.17) is 0 Å². The van der Waals surface area contributed by atoms with Gasteiger partial charge in [0, 0.05) is 25.8 Å². The van der Waals surface area contributed by atoms with Gasteiger partial charge >= 0.3 is 0 Å². The van der Waals surface area contributed by atoms with Crippen molar-refractivity contribution in [3.63, 3.8) is 0 Å². The number of anilines is 1. The van der Waals surface area contributed by atoms with Crippen LogP contribution in [0, 0.1) is 0 Å². The van der Waals surface area contributed by atoms with Crippen molar-refractivity contribution in [2.75, 3.05) is 45.7 Å². The molecule has 0 fully saturated rings. The summed E-state index contributed by atoms with van der Waals surface area (Å²) in [6.45, 7) is 4.49. The van der Waals surface area contributed by atoms with Crippen molar-refractivity contribution < 1.29 is 0 Å². The van der Waals surface area contributed by atoms with Gasteiger partial charge in [0.2, 0.25) is 0 Å². The Hall–Kier alpha value is -1.06. The van der Waals surface area contributed by atoms with Crippen molar-refractivity contribution in [1.29, 1.82) is 0 Å². The molecule has 1 aromatic carbocycles. The minimum atomic E-state index is 0.999. The van der Waals surface area contributed by atoms with Gasteiger partial charge in [0.1, 0.15) is 0 Å². The average molecular weight is 275 g/mol. The molecule has 0 saturated carbocycles. The van der Waals surface area contributed by atoms with Crippen LogP contribution in [0.1, 0.15) is 30.4 Å². The van der Waals surface area contributed by atoms with Gasteiger partial charge in [-0.25, -0.2) is 0 Å². The van der Waals surface area contributed by atoms with Crippen LogP contribution in [0.2, 0.25) is 0 Å². The molecule has 1 heterocycles. The lowest BCUT2D eigenvalue weighted by molar-refractivity contribution is 0.391. The summed E-state index contributed by atoms with van der Waals surface area (Å²) in [5, 5.41) is 3.56. The number of nitrogens with zero attached hydrogens (tertiary/aromatic N) is 2. The molecule has 0 atom stereocenters. The number of benzene rings is 1. The zero-order chi connectivity index (χ0) is 14.4. The van der Waals surface area contributed by atoms with Gasteiger partial charge in [0.15, 0.2) is 0 Å². The molecule has 0 spiro atoms. The number of hydrogen-bond acceptors (Lipinski definition) is 3. The Morgan fingerprint density at radius 3 is 2.90 bits per heavy atom. The molecular formula is C17H29N3. The first kappa shape index (κ1) is 15.3. The third kappa shape index (κ3) is 4.50. The first-order valence-electron chi connectivity index (χ1n) is 7.85. The highest BCUT2D eigenvalue weighted by Crippen LogP contribution is 2.26. The van der Waals surface area contributed by atoms with Crippen molar-refractivity contribution in [3.05, 3.63) is 29.3 Å². The van der Waals surface area contributed by atoms with E-state index < -0.39 is 0 Å². The van der Waals surface area contributed by atoms with Crippen LogP contribution in [-0.2, 0) is 13.0 Å². The summed E-state index contributed by atoms with van der Waals surface area (Å²) in [5.41, 5.74) is 4.36. The molecule has 0 aliphatic carbocycles. The average Bonchev–Trinajstić information content (AvgIpc) is 2.42. The Morgan fingerprint density at radius 1 is 1.25 bits per heavy atom. The summed E-state index contributed by atoms with van der Waals surface area (Å²) in [6, 6.07) is 6.95. The van der Waals surface area contributed by atoms with Gasteiger partial charge in [-0.1, -0.05) is 12.1 Å². The third-order valence-corrected chi connectivity index (χ3v) is 4.03. The van der Waals surface area contributed by atoms with Gasteiger partial charge < -0.3 is 15.1 Å². The summed E-state index contributed by atoms with van der Waals surface area (Å²) in [7, 11) is 6.47. The fraction of sp³-hybridized carbons (Fsp3) is 0.647. The molecule has 0 aromatic heterocycles. The predicted octanol–water partition coefficient (Wildman–Crippen LogP) is 2.50. The normalized spacial score (nSPS) is 14.7. The van der Waals surface area contributed by atoms with E-state index >= 15 is 0 Å². The zero-order valence-corrected chi connectivity index (χ0v) is 13.3. The van der Waals surface area contributed by atoms with Crippen molar-refractivity contribution in [2.45, 2.75) is 32.2 Å². The van der Waals surface area contributed by atoms with Crippen LogP contribution in [0.25, 0.3) is 0 Å². The van der Waals surface area contributed by atoms with Gasteiger partial charge in [-0.2, -0.15) is 0 Å². The van der Waals surface area contributed by atoms with Crippen molar-refractivity contribution in [3.8, 4) is 0 Å². The third-order valence-electron chi connectivity index (χ3n) is 4.03. The van der Waals surface area contributed by atoms with E-state index in [1.807, 2.05) is 0 Å². The SMILES string of the molecule is CN(C)CCCCNCc1ccc2c(c1)CCCN2C. The van der Waals surface area contributed by atoms with Crippen LogP contribution < -0.4 is 10.2 Å². The summed E-state index contributed by atoms with van der Waals surface area (Å²) >= 11 is 0. The zero-order valence-electron chi connectivity index (χ0n) is 13.3. The summed E-state index contributed by atoms with van der Waals surface area (Å²) in [6.07, 6.45) is 5.04. The van der Waals surface area contributed by atoms with E-state index in [0.29, 0.717) is 0 Å². The Kier molecular flexibility index (Phi) is 5.86. The minimum absolute atomic E-state index is 0.999. The van der Waals surface area contributed by atoms with Crippen LogP contribution in [0.4, 0.5) is 5.69 Å². The summed E-state index contributed by atoms with van der Waals surface area (Å²) in [4.78, 5) is 4.62. The van der Waals surface area contributed by atoms with Crippen LogP contribution in [-0.4, -0.2) is 45.7 Å². The maximum Gasteiger partial charge on any atom is 0.0396 e. The number of rotatable bonds is 7. The Bertz CT molecular complexity index is 415. The second-order valence-electron chi connectivity index (χ2n) is 6.18. The fourth-order valence-electron chi connectivity index (χ4n) is 2.86. The van der Waals surface area contributed by atoms with E-state index in [2.05, 4.69) is 54.5 Å². The lowest BCUT2D eigenvalue weighted by atomic mass is 9.99. The molecule has 0 bridgehead atoms. The molecule has 1 N–H and O–H groups in total. The molecule has 0 saturated heterocycles. The molecule has 112 valence electrons. The van der Waals surface area contributed by atoms with E-state index in [0.717, 1.165) is 13.1 Å². The second-order valence-corrected chi connectivity index (χ2v) is 6.18. The molecule has 3 heteroatoms.